The van der Waals surface area contributed by atoms with Gasteiger partial charge in [-0.2, -0.15) is 0 Å². The van der Waals surface area contributed by atoms with Crippen LogP contribution in [0.2, 0.25) is 0 Å². The van der Waals surface area contributed by atoms with Crippen LogP contribution < -0.4 is 5.11 Å². The van der Waals surface area contributed by atoms with Crippen molar-refractivity contribution in [2.45, 2.75) is 0 Å². The summed E-state index contributed by atoms with van der Waals surface area (Å²) in [4.78, 5) is 10.1. The third-order valence-corrected chi connectivity index (χ3v) is 1.32. The summed E-state index contributed by atoms with van der Waals surface area (Å²) in [5.74, 6) is -1.23. The van der Waals surface area contributed by atoms with Gasteiger partial charge in [0, 0.05) is 6.08 Å². The van der Waals surface area contributed by atoms with Gasteiger partial charge in [-0.05, 0) is 11.6 Å². The van der Waals surface area contributed by atoms with E-state index in [-0.39, 0.29) is 5.75 Å². The van der Waals surface area contributed by atoms with E-state index in [1.165, 1.54) is 12.1 Å². The molecule has 0 unspecified atom stereocenters. The molecule has 0 spiro atoms. The number of carboxylic acid groups (broad SMARTS) is 1. The first-order valence-corrected chi connectivity index (χ1v) is 3.37. The molecule has 0 bridgehead atoms. The standard InChI is InChI=1S/C9H8O3/c10-8-4-2-1-3-7(8)5-6-9(11)12/h1-6,10H,(H,11,12)/p-1/b6-5-. The molecular weight excluding hydrogens is 156 g/mol. The van der Waals surface area contributed by atoms with E-state index in [9.17, 15) is 9.90 Å². The number of hydrogen-bond donors (Lipinski definition) is 1. The highest BCUT2D eigenvalue weighted by atomic mass is 16.4. The maximum Gasteiger partial charge on any atom is 0.328 e. The van der Waals surface area contributed by atoms with Crippen LogP contribution in [0.4, 0.5) is 0 Å². The monoisotopic (exact) mass is 163 g/mol. The number of aliphatic carboxylic acids is 1. The van der Waals surface area contributed by atoms with Crippen LogP contribution in [0.25, 0.3) is 6.08 Å². The first kappa shape index (κ1) is 8.33. The van der Waals surface area contributed by atoms with Gasteiger partial charge in [0.1, 0.15) is 0 Å². The summed E-state index contributed by atoms with van der Waals surface area (Å²) in [5, 5.41) is 19.3. The maximum atomic E-state index is 11.0. The highest BCUT2D eigenvalue weighted by molar-refractivity contribution is 5.85. The zero-order chi connectivity index (χ0) is 8.97. The summed E-state index contributed by atoms with van der Waals surface area (Å²) in [7, 11) is 0. The minimum Gasteiger partial charge on any atom is -0.872 e. The van der Waals surface area contributed by atoms with Gasteiger partial charge in [0.05, 0.1) is 0 Å². The summed E-state index contributed by atoms with van der Waals surface area (Å²) in [6, 6.07) is 6.26. The Morgan fingerprint density at radius 3 is 2.67 bits per heavy atom. The van der Waals surface area contributed by atoms with Crippen LogP contribution in [0.15, 0.2) is 30.3 Å². The van der Waals surface area contributed by atoms with E-state index in [0.29, 0.717) is 5.56 Å². The molecule has 0 radical (unpaired) electrons. The van der Waals surface area contributed by atoms with Crippen LogP contribution in [0.1, 0.15) is 5.56 Å². The van der Waals surface area contributed by atoms with Crippen LogP contribution in [0.3, 0.4) is 0 Å². The second-order valence-corrected chi connectivity index (χ2v) is 2.21. The van der Waals surface area contributed by atoms with Gasteiger partial charge in [0.25, 0.3) is 0 Å². The molecule has 0 saturated carbocycles. The van der Waals surface area contributed by atoms with Gasteiger partial charge < -0.3 is 10.2 Å². The largest absolute Gasteiger partial charge is 0.872 e. The molecule has 0 amide bonds. The van der Waals surface area contributed by atoms with Crippen LogP contribution in [0, 0.1) is 0 Å². The first-order valence-electron chi connectivity index (χ1n) is 3.37. The molecule has 0 heterocycles. The van der Waals surface area contributed by atoms with Crippen molar-refractivity contribution in [3.63, 3.8) is 0 Å². The van der Waals surface area contributed by atoms with Crippen LogP contribution in [-0.4, -0.2) is 11.1 Å². The quantitative estimate of drug-likeness (QED) is 0.657. The zero-order valence-corrected chi connectivity index (χ0v) is 6.23. The number of para-hydroxylation sites is 1. The second kappa shape index (κ2) is 3.57. The Morgan fingerprint density at radius 1 is 1.42 bits per heavy atom. The van der Waals surface area contributed by atoms with E-state index >= 15 is 0 Å². The van der Waals surface area contributed by atoms with E-state index < -0.39 is 5.97 Å². The van der Waals surface area contributed by atoms with E-state index in [1.807, 2.05) is 0 Å². The van der Waals surface area contributed by atoms with E-state index in [1.54, 1.807) is 18.2 Å². The van der Waals surface area contributed by atoms with Crippen molar-refractivity contribution >= 4 is 12.0 Å². The average Bonchev–Trinajstić information content (AvgIpc) is 2.03. The fraction of sp³-hybridized carbons (Fsp3) is 0. The number of carbonyl (C=O) groups is 1. The Balaban J connectivity index is 2.89. The fourth-order valence-electron chi connectivity index (χ4n) is 0.779. The first-order chi connectivity index (χ1) is 5.70. The van der Waals surface area contributed by atoms with Crippen molar-refractivity contribution in [3.05, 3.63) is 35.9 Å². The fourth-order valence-corrected chi connectivity index (χ4v) is 0.779. The van der Waals surface area contributed by atoms with Gasteiger partial charge in [0.15, 0.2) is 0 Å². The van der Waals surface area contributed by atoms with Gasteiger partial charge in [-0.3, -0.25) is 0 Å². The molecule has 0 aliphatic carbocycles. The molecule has 0 aliphatic rings. The Labute approximate surface area is 69.6 Å². The number of hydrogen-bond acceptors (Lipinski definition) is 2. The predicted octanol–water partition coefficient (Wildman–Crippen LogP) is 0.858. The summed E-state index contributed by atoms with van der Waals surface area (Å²) in [6.07, 6.45) is 2.22. The molecule has 3 heteroatoms. The minimum atomic E-state index is -1.06. The van der Waals surface area contributed by atoms with Gasteiger partial charge in [0.2, 0.25) is 0 Å². The van der Waals surface area contributed by atoms with E-state index in [2.05, 4.69) is 0 Å². The minimum absolute atomic E-state index is 0.171. The summed E-state index contributed by atoms with van der Waals surface area (Å²) >= 11 is 0. The number of benzene rings is 1. The topological polar surface area (TPSA) is 60.4 Å². The van der Waals surface area contributed by atoms with Crippen LogP contribution >= 0.6 is 0 Å². The average molecular weight is 163 g/mol. The molecule has 0 fully saturated rings. The Morgan fingerprint density at radius 2 is 2.08 bits per heavy atom. The molecule has 0 aromatic heterocycles. The molecule has 0 saturated heterocycles. The molecular formula is C9H7O3-. The molecule has 0 atom stereocenters. The smallest absolute Gasteiger partial charge is 0.328 e. The van der Waals surface area contributed by atoms with Crippen molar-refractivity contribution in [2.75, 3.05) is 0 Å². The SMILES string of the molecule is O=C(O)/C=C\c1ccccc1[O-]. The van der Waals surface area contributed by atoms with E-state index in [4.69, 9.17) is 5.11 Å². The summed E-state index contributed by atoms with van der Waals surface area (Å²) < 4.78 is 0. The summed E-state index contributed by atoms with van der Waals surface area (Å²) in [5.41, 5.74) is 0.389. The Hall–Kier alpha value is -1.77. The molecule has 1 aromatic carbocycles. The van der Waals surface area contributed by atoms with Crippen LogP contribution in [0.5, 0.6) is 5.75 Å². The van der Waals surface area contributed by atoms with Crippen molar-refractivity contribution in [2.24, 2.45) is 0 Å². The maximum absolute atomic E-state index is 11.0. The van der Waals surface area contributed by atoms with Crippen molar-refractivity contribution < 1.29 is 15.0 Å². The Kier molecular flexibility index (Phi) is 2.48. The van der Waals surface area contributed by atoms with Crippen molar-refractivity contribution in [1.82, 2.24) is 0 Å². The molecule has 1 N–H and O–H groups in total. The third-order valence-electron chi connectivity index (χ3n) is 1.32. The summed E-state index contributed by atoms with van der Waals surface area (Å²) in [6.45, 7) is 0. The lowest BCUT2D eigenvalue weighted by Gasteiger charge is -2.07. The molecule has 3 nitrogen and oxygen atoms in total. The number of rotatable bonds is 2. The molecule has 1 rings (SSSR count). The van der Waals surface area contributed by atoms with Gasteiger partial charge >= 0.3 is 5.97 Å². The lowest BCUT2D eigenvalue weighted by molar-refractivity contribution is -0.268. The van der Waals surface area contributed by atoms with Gasteiger partial charge in [-0.25, -0.2) is 4.79 Å². The molecule has 12 heavy (non-hydrogen) atoms. The van der Waals surface area contributed by atoms with Crippen molar-refractivity contribution in [3.8, 4) is 5.75 Å². The van der Waals surface area contributed by atoms with Gasteiger partial charge in [-0.1, -0.05) is 24.3 Å². The Bertz CT molecular complexity index is 315. The highest BCUT2D eigenvalue weighted by Gasteiger charge is 1.88. The molecule has 1 aromatic rings. The third kappa shape index (κ3) is 2.12. The second-order valence-electron chi connectivity index (χ2n) is 2.21. The molecule has 0 aliphatic heterocycles. The predicted molar refractivity (Wildman–Crippen MR) is 42.6 cm³/mol. The zero-order valence-electron chi connectivity index (χ0n) is 6.23. The molecule has 62 valence electrons. The van der Waals surface area contributed by atoms with Crippen LogP contribution in [-0.2, 0) is 4.79 Å². The lowest BCUT2D eigenvalue weighted by atomic mass is 10.2. The highest BCUT2D eigenvalue weighted by Crippen LogP contribution is 2.13. The van der Waals surface area contributed by atoms with E-state index in [0.717, 1.165) is 6.08 Å². The van der Waals surface area contributed by atoms with Crippen molar-refractivity contribution in [1.29, 1.82) is 0 Å². The normalized spacial score (nSPS) is 10.3. The van der Waals surface area contributed by atoms with Gasteiger partial charge in [-0.15, -0.1) is 5.75 Å². The lowest BCUT2D eigenvalue weighted by Crippen LogP contribution is -1.92. The number of carboxylic acids is 1.